The van der Waals surface area contributed by atoms with Gasteiger partial charge in [-0.3, -0.25) is 15.0 Å². The van der Waals surface area contributed by atoms with E-state index in [9.17, 15) is 9.59 Å². The first-order valence-corrected chi connectivity index (χ1v) is 7.02. The number of carbonyl (C=O) groups is 2. The van der Waals surface area contributed by atoms with Crippen molar-refractivity contribution < 1.29 is 9.59 Å². The van der Waals surface area contributed by atoms with E-state index in [0.29, 0.717) is 0 Å². The predicted octanol–water partition coefficient (Wildman–Crippen LogP) is 0.161. The highest BCUT2D eigenvalue weighted by molar-refractivity contribution is 9.10. The van der Waals surface area contributed by atoms with Gasteiger partial charge in [0, 0.05) is 36.8 Å². The van der Waals surface area contributed by atoms with Gasteiger partial charge in [0.15, 0.2) is 0 Å². The van der Waals surface area contributed by atoms with E-state index in [-0.39, 0.29) is 12.5 Å². The molecule has 1 fully saturated rings. The van der Waals surface area contributed by atoms with Gasteiger partial charge in [0.25, 0.3) is 0 Å². The monoisotopic (exact) mass is 341 g/mol. The number of nitrogens with zero attached hydrogens (tertiary/aromatic N) is 3. The van der Waals surface area contributed by atoms with Crippen LogP contribution in [-0.2, 0) is 4.79 Å². The molecule has 0 spiro atoms. The minimum atomic E-state index is -0.812. The minimum Gasteiger partial charge on any atom is -0.354 e. The van der Waals surface area contributed by atoms with Crippen LogP contribution in [0, 0.1) is 0 Å². The first-order valence-electron chi connectivity index (χ1n) is 6.23. The van der Waals surface area contributed by atoms with Gasteiger partial charge in [-0.1, -0.05) is 0 Å². The summed E-state index contributed by atoms with van der Waals surface area (Å²) in [5.74, 6) is 0.558. The number of rotatable bonds is 3. The van der Waals surface area contributed by atoms with Crippen LogP contribution in [0.15, 0.2) is 22.8 Å². The Morgan fingerprint density at radius 1 is 1.30 bits per heavy atom. The Labute approximate surface area is 125 Å². The summed E-state index contributed by atoms with van der Waals surface area (Å²) >= 11 is 3.35. The minimum absolute atomic E-state index is 0.185. The molecule has 108 valence electrons. The van der Waals surface area contributed by atoms with Crippen molar-refractivity contribution in [3.8, 4) is 0 Å². The Morgan fingerprint density at radius 2 is 2.00 bits per heavy atom. The molecule has 1 aromatic rings. The van der Waals surface area contributed by atoms with Crippen molar-refractivity contribution >= 4 is 33.7 Å². The Balaban J connectivity index is 1.81. The average molecular weight is 342 g/mol. The fourth-order valence-corrected chi connectivity index (χ4v) is 2.30. The van der Waals surface area contributed by atoms with Gasteiger partial charge in [0.2, 0.25) is 5.91 Å². The second-order valence-corrected chi connectivity index (χ2v) is 5.43. The molecule has 0 aliphatic carbocycles. The van der Waals surface area contributed by atoms with Gasteiger partial charge in [-0.25, -0.2) is 9.78 Å². The number of piperazine rings is 1. The number of amides is 3. The van der Waals surface area contributed by atoms with E-state index in [1.165, 1.54) is 0 Å². The van der Waals surface area contributed by atoms with E-state index in [4.69, 9.17) is 5.73 Å². The topological polar surface area (TPSA) is 91.6 Å². The molecule has 1 aromatic heterocycles. The highest BCUT2D eigenvalue weighted by Gasteiger charge is 2.20. The van der Waals surface area contributed by atoms with Crippen LogP contribution in [0.3, 0.4) is 0 Å². The van der Waals surface area contributed by atoms with Gasteiger partial charge >= 0.3 is 6.03 Å². The Morgan fingerprint density at radius 3 is 2.55 bits per heavy atom. The zero-order valence-electron chi connectivity index (χ0n) is 10.9. The third-order valence-corrected chi connectivity index (χ3v) is 3.51. The number of nitrogens with two attached hydrogens (primary N) is 1. The summed E-state index contributed by atoms with van der Waals surface area (Å²) in [6.07, 6.45) is 1.77. The van der Waals surface area contributed by atoms with Crippen LogP contribution in [0.4, 0.5) is 10.6 Å². The van der Waals surface area contributed by atoms with Crippen molar-refractivity contribution in [1.29, 1.82) is 0 Å². The number of carbonyl (C=O) groups excluding carboxylic acids is 2. The summed E-state index contributed by atoms with van der Waals surface area (Å²) in [6.45, 7) is 3.25. The summed E-state index contributed by atoms with van der Waals surface area (Å²) in [5.41, 5.74) is 4.90. The summed E-state index contributed by atoms with van der Waals surface area (Å²) < 4.78 is 0.947. The van der Waals surface area contributed by atoms with E-state index in [1.54, 1.807) is 6.20 Å². The maximum Gasteiger partial charge on any atom is 0.318 e. The van der Waals surface area contributed by atoms with Crippen molar-refractivity contribution in [2.45, 2.75) is 0 Å². The molecule has 0 radical (unpaired) electrons. The fraction of sp³-hybridized carbons (Fsp3) is 0.417. The van der Waals surface area contributed by atoms with Crippen molar-refractivity contribution in [3.05, 3.63) is 22.8 Å². The van der Waals surface area contributed by atoms with E-state index in [0.717, 1.165) is 36.5 Å². The van der Waals surface area contributed by atoms with Crippen LogP contribution in [0.2, 0.25) is 0 Å². The van der Waals surface area contributed by atoms with E-state index >= 15 is 0 Å². The summed E-state index contributed by atoms with van der Waals surface area (Å²) in [7, 11) is 0. The molecule has 0 unspecified atom stereocenters. The number of pyridine rings is 1. The van der Waals surface area contributed by atoms with Crippen LogP contribution in [-0.4, -0.2) is 54.5 Å². The standard InChI is InChI=1S/C12H16BrN5O2/c13-9-1-2-10(15-7-9)18-5-3-17(4-6-18)8-11(19)16-12(14)20/h1-2,7H,3-6,8H2,(H3,14,16,19,20). The predicted molar refractivity (Wildman–Crippen MR) is 78.3 cm³/mol. The average Bonchev–Trinajstić information content (AvgIpc) is 2.39. The Bertz CT molecular complexity index is 485. The normalized spacial score (nSPS) is 15.9. The highest BCUT2D eigenvalue weighted by atomic mass is 79.9. The van der Waals surface area contributed by atoms with E-state index in [1.807, 2.05) is 17.0 Å². The van der Waals surface area contributed by atoms with Gasteiger partial charge in [-0.05, 0) is 28.1 Å². The second-order valence-electron chi connectivity index (χ2n) is 4.51. The molecule has 1 aliphatic rings. The number of anilines is 1. The van der Waals surface area contributed by atoms with E-state index < -0.39 is 6.03 Å². The molecule has 1 aliphatic heterocycles. The third kappa shape index (κ3) is 4.17. The molecule has 20 heavy (non-hydrogen) atoms. The fourth-order valence-electron chi connectivity index (χ4n) is 2.07. The lowest BCUT2D eigenvalue weighted by Gasteiger charge is -2.34. The number of urea groups is 1. The highest BCUT2D eigenvalue weighted by Crippen LogP contribution is 2.16. The van der Waals surface area contributed by atoms with E-state index in [2.05, 4.69) is 31.1 Å². The van der Waals surface area contributed by atoms with Crippen LogP contribution in [0.5, 0.6) is 0 Å². The number of nitrogens with one attached hydrogen (secondary N) is 1. The number of imide groups is 1. The molecule has 2 rings (SSSR count). The molecule has 3 N–H and O–H groups in total. The molecule has 8 heteroatoms. The number of aromatic nitrogens is 1. The van der Waals surface area contributed by atoms with Gasteiger partial charge in [0.1, 0.15) is 5.82 Å². The second kappa shape index (κ2) is 6.67. The van der Waals surface area contributed by atoms with Gasteiger partial charge in [-0.2, -0.15) is 0 Å². The molecule has 1 saturated heterocycles. The van der Waals surface area contributed by atoms with Crippen LogP contribution in [0.25, 0.3) is 0 Å². The quantitative estimate of drug-likeness (QED) is 0.817. The van der Waals surface area contributed by atoms with Crippen molar-refractivity contribution in [1.82, 2.24) is 15.2 Å². The molecule has 0 saturated carbocycles. The number of primary amides is 1. The SMILES string of the molecule is NC(=O)NC(=O)CN1CCN(c2ccc(Br)cn2)CC1. The van der Waals surface area contributed by atoms with Crippen LogP contribution >= 0.6 is 15.9 Å². The molecule has 0 atom stereocenters. The first-order chi connectivity index (χ1) is 9.54. The summed E-state index contributed by atoms with van der Waals surface area (Å²) in [5, 5.41) is 2.07. The van der Waals surface area contributed by atoms with Gasteiger partial charge < -0.3 is 10.6 Å². The smallest absolute Gasteiger partial charge is 0.318 e. The Hall–Kier alpha value is -1.67. The lowest BCUT2D eigenvalue weighted by Crippen LogP contribution is -2.50. The molecule has 2 heterocycles. The summed E-state index contributed by atoms with van der Waals surface area (Å²) in [6, 6.07) is 3.10. The lowest BCUT2D eigenvalue weighted by molar-refractivity contribution is -0.121. The molecular formula is C12H16BrN5O2. The number of halogens is 1. The van der Waals surface area contributed by atoms with Gasteiger partial charge in [-0.15, -0.1) is 0 Å². The molecule has 7 nitrogen and oxygen atoms in total. The summed E-state index contributed by atoms with van der Waals surface area (Å²) in [4.78, 5) is 30.5. The maximum absolute atomic E-state index is 11.4. The molecular weight excluding hydrogens is 326 g/mol. The van der Waals surface area contributed by atoms with Crippen molar-refractivity contribution in [3.63, 3.8) is 0 Å². The molecule has 3 amide bonds. The third-order valence-electron chi connectivity index (χ3n) is 3.04. The van der Waals surface area contributed by atoms with Crippen LogP contribution in [0.1, 0.15) is 0 Å². The molecule has 0 aromatic carbocycles. The number of hydrogen-bond donors (Lipinski definition) is 2. The zero-order chi connectivity index (χ0) is 14.5. The van der Waals surface area contributed by atoms with Crippen molar-refractivity contribution in [2.75, 3.05) is 37.6 Å². The Kier molecular flexibility index (Phi) is 4.91. The van der Waals surface area contributed by atoms with Crippen molar-refractivity contribution in [2.24, 2.45) is 5.73 Å². The maximum atomic E-state index is 11.4. The number of hydrogen-bond acceptors (Lipinski definition) is 5. The lowest BCUT2D eigenvalue weighted by atomic mass is 10.3. The zero-order valence-corrected chi connectivity index (χ0v) is 12.5. The molecule has 0 bridgehead atoms. The van der Waals surface area contributed by atoms with Gasteiger partial charge in [0.05, 0.1) is 6.54 Å². The largest absolute Gasteiger partial charge is 0.354 e. The first kappa shape index (κ1) is 14.7. The van der Waals surface area contributed by atoms with Crippen LogP contribution < -0.4 is 16.0 Å².